The zero-order chi connectivity index (χ0) is 11.0. The highest BCUT2D eigenvalue weighted by Gasteiger charge is 2.43. The SMILES string of the molecule is Cc1ccccc1[C@@H]1C[C@H]1N1CCCCC1. The Balaban J connectivity index is 1.69. The van der Waals surface area contributed by atoms with Crippen LogP contribution in [0.4, 0.5) is 0 Å². The highest BCUT2D eigenvalue weighted by atomic mass is 15.2. The van der Waals surface area contributed by atoms with Gasteiger partial charge >= 0.3 is 0 Å². The average molecular weight is 215 g/mol. The number of piperidine rings is 1. The molecule has 2 aliphatic rings. The quantitative estimate of drug-likeness (QED) is 0.731. The predicted molar refractivity (Wildman–Crippen MR) is 67.7 cm³/mol. The van der Waals surface area contributed by atoms with Crippen LogP contribution in [0.5, 0.6) is 0 Å². The van der Waals surface area contributed by atoms with Crippen LogP contribution in [0.3, 0.4) is 0 Å². The molecule has 1 aliphatic heterocycles. The van der Waals surface area contributed by atoms with Gasteiger partial charge in [-0.15, -0.1) is 0 Å². The Kier molecular flexibility index (Phi) is 2.72. The van der Waals surface area contributed by atoms with Gasteiger partial charge in [0, 0.05) is 12.0 Å². The van der Waals surface area contributed by atoms with E-state index in [-0.39, 0.29) is 0 Å². The highest BCUT2D eigenvalue weighted by molar-refractivity contribution is 5.35. The number of nitrogens with zero attached hydrogens (tertiary/aromatic N) is 1. The summed E-state index contributed by atoms with van der Waals surface area (Å²) in [7, 11) is 0. The first-order chi connectivity index (χ1) is 7.86. The van der Waals surface area contributed by atoms with E-state index in [0.717, 1.165) is 12.0 Å². The van der Waals surface area contributed by atoms with E-state index < -0.39 is 0 Å². The smallest absolute Gasteiger partial charge is 0.0171 e. The lowest BCUT2D eigenvalue weighted by atomic mass is 10.0. The lowest BCUT2D eigenvalue weighted by molar-refractivity contribution is 0.216. The predicted octanol–water partition coefficient (Wildman–Crippen LogP) is 3.34. The molecule has 2 atom stereocenters. The van der Waals surface area contributed by atoms with Gasteiger partial charge in [-0.05, 0) is 50.4 Å². The number of hydrogen-bond acceptors (Lipinski definition) is 1. The minimum atomic E-state index is 0.833. The van der Waals surface area contributed by atoms with Crippen molar-refractivity contribution in [2.75, 3.05) is 13.1 Å². The maximum absolute atomic E-state index is 2.72. The summed E-state index contributed by atoms with van der Waals surface area (Å²) < 4.78 is 0. The summed E-state index contributed by atoms with van der Waals surface area (Å²) in [5.74, 6) is 0.833. The standard InChI is InChI=1S/C15H21N/c1-12-7-3-4-8-13(12)14-11-15(14)16-9-5-2-6-10-16/h3-4,7-8,14-15H,2,5-6,9-11H2,1H3/t14-,15+/m0/s1. The van der Waals surface area contributed by atoms with Crippen molar-refractivity contribution in [2.24, 2.45) is 0 Å². The Morgan fingerprint density at radius 3 is 2.56 bits per heavy atom. The summed E-state index contributed by atoms with van der Waals surface area (Å²) in [4.78, 5) is 2.72. The van der Waals surface area contributed by atoms with E-state index in [2.05, 4.69) is 36.1 Å². The van der Waals surface area contributed by atoms with Gasteiger partial charge in [0.1, 0.15) is 0 Å². The molecule has 0 N–H and O–H groups in total. The molecule has 0 radical (unpaired) electrons. The number of likely N-dealkylation sites (tertiary alicyclic amines) is 1. The highest BCUT2D eigenvalue weighted by Crippen LogP contribution is 2.46. The number of aryl methyl sites for hydroxylation is 1. The molecule has 0 aromatic heterocycles. The monoisotopic (exact) mass is 215 g/mol. The third kappa shape index (κ3) is 1.89. The first kappa shape index (κ1) is 10.3. The summed E-state index contributed by atoms with van der Waals surface area (Å²) in [6.45, 7) is 4.93. The molecule has 0 unspecified atom stereocenters. The van der Waals surface area contributed by atoms with Gasteiger partial charge in [0.25, 0.3) is 0 Å². The molecule has 2 fully saturated rings. The van der Waals surface area contributed by atoms with Crippen LogP contribution < -0.4 is 0 Å². The maximum Gasteiger partial charge on any atom is 0.0171 e. The molecule has 1 aliphatic carbocycles. The lowest BCUT2D eigenvalue weighted by Crippen LogP contribution is -2.32. The van der Waals surface area contributed by atoms with E-state index in [0.29, 0.717) is 0 Å². The average Bonchev–Trinajstić information content (AvgIpc) is 3.11. The summed E-state index contributed by atoms with van der Waals surface area (Å²) in [5, 5.41) is 0. The van der Waals surface area contributed by atoms with Gasteiger partial charge < -0.3 is 0 Å². The molecule has 1 saturated heterocycles. The molecule has 1 aromatic rings. The Hall–Kier alpha value is -0.820. The molecule has 0 bridgehead atoms. The van der Waals surface area contributed by atoms with Gasteiger partial charge in [-0.2, -0.15) is 0 Å². The van der Waals surface area contributed by atoms with Crippen molar-refractivity contribution in [3.05, 3.63) is 35.4 Å². The summed E-state index contributed by atoms with van der Waals surface area (Å²) in [6.07, 6.45) is 5.66. The first-order valence-corrected chi connectivity index (χ1v) is 6.66. The molecule has 16 heavy (non-hydrogen) atoms. The van der Waals surface area contributed by atoms with Gasteiger partial charge in [-0.25, -0.2) is 0 Å². The van der Waals surface area contributed by atoms with Crippen molar-refractivity contribution in [3.8, 4) is 0 Å². The summed E-state index contributed by atoms with van der Waals surface area (Å²) >= 11 is 0. The van der Waals surface area contributed by atoms with E-state index in [4.69, 9.17) is 0 Å². The van der Waals surface area contributed by atoms with Gasteiger partial charge in [0.05, 0.1) is 0 Å². The first-order valence-electron chi connectivity index (χ1n) is 6.66. The second-order valence-corrected chi connectivity index (χ2v) is 5.36. The summed E-state index contributed by atoms with van der Waals surface area (Å²) in [5.41, 5.74) is 3.07. The van der Waals surface area contributed by atoms with Crippen molar-refractivity contribution in [1.29, 1.82) is 0 Å². The van der Waals surface area contributed by atoms with Crippen LogP contribution in [0, 0.1) is 6.92 Å². The second-order valence-electron chi connectivity index (χ2n) is 5.36. The van der Waals surface area contributed by atoms with E-state index >= 15 is 0 Å². The molecule has 1 heteroatoms. The van der Waals surface area contributed by atoms with E-state index in [1.807, 2.05) is 0 Å². The maximum atomic E-state index is 2.72. The molecular weight excluding hydrogens is 194 g/mol. The normalized spacial score (nSPS) is 30.3. The second kappa shape index (κ2) is 4.21. The molecule has 1 aromatic carbocycles. The Morgan fingerprint density at radius 2 is 1.81 bits per heavy atom. The molecule has 1 heterocycles. The van der Waals surface area contributed by atoms with Crippen molar-refractivity contribution in [3.63, 3.8) is 0 Å². The summed E-state index contributed by atoms with van der Waals surface area (Å²) in [6, 6.07) is 9.78. The van der Waals surface area contributed by atoms with Crippen LogP contribution in [0.15, 0.2) is 24.3 Å². The molecule has 3 rings (SSSR count). The number of hydrogen-bond donors (Lipinski definition) is 0. The molecule has 86 valence electrons. The number of rotatable bonds is 2. The van der Waals surface area contributed by atoms with Crippen LogP contribution in [0.2, 0.25) is 0 Å². The molecule has 1 saturated carbocycles. The zero-order valence-corrected chi connectivity index (χ0v) is 10.2. The topological polar surface area (TPSA) is 3.24 Å². The molecule has 0 spiro atoms. The Labute approximate surface area is 98.5 Å². The van der Waals surface area contributed by atoms with Crippen LogP contribution in [0.25, 0.3) is 0 Å². The van der Waals surface area contributed by atoms with Gasteiger partial charge in [-0.1, -0.05) is 30.7 Å². The zero-order valence-electron chi connectivity index (χ0n) is 10.2. The minimum Gasteiger partial charge on any atom is -0.300 e. The fraction of sp³-hybridized carbons (Fsp3) is 0.600. The number of benzene rings is 1. The van der Waals surface area contributed by atoms with Crippen molar-refractivity contribution in [2.45, 2.75) is 44.6 Å². The molecule has 1 nitrogen and oxygen atoms in total. The van der Waals surface area contributed by atoms with Gasteiger partial charge in [0.2, 0.25) is 0 Å². The fourth-order valence-corrected chi connectivity index (χ4v) is 3.17. The van der Waals surface area contributed by atoms with E-state index in [1.54, 1.807) is 5.56 Å². The van der Waals surface area contributed by atoms with Crippen molar-refractivity contribution in [1.82, 2.24) is 4.90 Å². The fourth-order valence-electron chi connectivity index (χ4n) is 3.17. The van der Waals surface area contributed by atoms with Crippen LogP contribution in [-0.4, -0.2) is 24.0 Å². The van der Waals surface area contributed by atoms with Crippen LogP contribution in [0.1, 0.15) is 42.7 Å². The van der Waals surface area contributed by atoms with Crippen LogP contribution in [-0.2, 0) is 0 Å². The van der Waals surface area contributed by atoms with Gasteiger partial charge in [-0.3, -0.25) is 4.90 Å². The molecule has 0 amide bonds. The third-order valence-electron chi connectivity index (χ3n) is 4.20. The third-order valence-corrected chi connectivity index (χ3v) is 4.20. The Morgan fingerprint density at radius 1 is 1.06 bits per heavy atom. The van der Waals surface area contributed by atoms with Crippen molar-refractivity contribution >= 4 is 0 Å². The van der Waals surface area contributed by atoms with Gasteiger partial charge in [0.15, 0.2) is 0 Å². The van der Waals surface area contributed by atoms with E-state index in [1.165, 1.54) is 44.3 Å². The van der Waals surface area contributed by atoms with E-state index in [9.17, 15) is 0 Å². The molecular formula is C15H21N. The Bertz CT molecular complexity index is 365. The van der Waals surface area contributed by atoms with Crippen LogP contribution >= 0.6 is 0 Å². The largest absolute Gasteiger partial charge is 0.300 e. The lowest BCUT2D eigenvalue weighted by Gasteiger charge is -2.27. The minimum absolute atomic E-state index is 0.833. The van der Waals surface area contributed by atoms with Crippen molar-refractivity contribution < 1.29 is 0 Å².